The van der Waals surface area contributed by atoms with Crippen LogP contribution in [0.2, 0.25) is 0 Å². The summed E-state index contributed by atoms with van der Waals surface area (Å²) in [5.74, 6) is 1.57. The number of ether oxygens (including phenoxy) is 2. The topological polar surface area (TPSA) is 74.1 Å². The van der Waals surface area contributed by atoms with Crippen molar-refractivity contribution in [3.8, 4) is 23.2 Å². The maximum absolute atomic E-state index is 5.86. The third-order valence-electron chi connectivity index (χ3n) is 4.65. The van der Waals surface area contributed by atoms with Crippen LogP contribution in [0, 0.1) is 0 Å². The molecule has 0 amide bonds. The molecule has 3 aromatic carbocycles. The van der Waals surface area contributed by atoms with Gasteiger partial charge in [0.1, 0.15) is 11.5 Å². The zero-order valence-electron chi connectivity index (χ0n) is 17.1. The Labute approximate surface area is 187 Å². The van der Waals surface area contributed by atoms with Gasteiger partial charge in [-0.2, -0.15) is 4.68 Å². The third-order valence-corrected chi connectivity index (χ3v) is 4.65. The highest BCUT2D eigenvalue weighted by Crippen LogP contribution is 2.21. The first-order valence-electron chi connectivity index (χ1n) is 9.76. The van der Waals surface area contributed by atoms with Crippen molar-refractivity contribution >= 4 is 12.4 Å². The third kappa shape index (κ3) is 6.04. The van der Waals surface area contributed by atoms with Gasteiger partial charge < -0.3 is 14.8 Å². The highest BCUT2D eigenvalue weighted by atomic mass is 35.5. The van der Waals surface area contributed by atoms with Gasteiger partial charge in [0.25, 0.3) is 0 Å². The summed E-state index contributed by atoms with van der Waals surface area (Å²) < 4.78 is 12.6. The van der Waals surface area contributed by atoms with Crippen LogP contribution in [0.3, 0.4) is 0 Å². The summed E-state index contributed by atoms with van der Waals surface area (Å²) in [4.78, 5) is 0. The Bertz CT molecular complexity index is 1050. The van der Waals surface area contributed by atoms with Crippen molar-refractivity contribution in [3.63, 3.8) is 0 Å². The van der Waals surface area contributed by atoms with Crippen molar-refractivity contribution in [1.82, 2.24) is 25.5 Å². The minimum atomic E-state index is 0. The van der Waals surface area contributed by atoms with E-state index >= 15 is 0 Å². The monoisotopic (exact) mass is 437 g/mol. The first-order valence-corrected chi connectivity index (χ1v) is 9.76. The van der Waals surface area contributed by atoms with Crippen LogP contribution in [-0.4, -0.2) is 33.9 Å². The van der Waals surface area contributed by atoms with E-state index in [9.17, 15) is 0 Å². The predicted molar refractivity (Wildman–Crippen MR) is 121 cm³/mol. The molecule has 0 aliphatic rings. The van der Waals surface area contributed by atoms with E-state index in [4.69, 9.17) is 9.47 Å². The second-order valence-corrected chi connectivity index (χ2v) is 6.73. The summed E-state index contributed by atoms with van der Waals surface area (Å²) in [5.41, 5.74) is 3.30. The Morgan fingerprint density at radius 3 is 2.23 bits per heavy atom. The molecule has 1 heterocycles. The number of benzene rings is 3. The first kappa shape index (κ1) is 22.3. The molecular formula is C23H24ClN5O2. The number of halogens is 1. The highest BCUT2D eigenvalue weighted by molar-refractivity contribution is 5.85. The van der Waals surface area contributed by atoms with Gasteiger partial charge in [0.15, 0.2) is 0 Å². The van der Waals surface area contributed by atoms with Crippen LogP contribution in [0.4, 0.5) is 0 Å². The van der Waals surface area contributed by atoms with E-state index < -0.39 is 0 Å². The number of tetrazole rings is 1. The van der Waals surface area contributed by atoms with E-state index in [1.165, 1.54) is 11.1 Å². The molecule has 4 aromatic rings. The van der Waals surface area contributed by atoms with Gasteiger partial charge in [-0.15, -0.1) is 12.4 Å². The normalized spacial score (nSPS) is 10.4. The van der Waals surface area contributed by atoms with Gasteiger partial charge in [-0.25, -0.2) is 0 Å². The molecule has 160 valence electrons. The van der Waals surface area contributed by atoms with Crippen LogP contribution in [0.1, 0.15) is 11.1 Å². The fourth-order valence-corrected chi connectivity index (χ4v) is 3.01. The van der Waals surface area contributed by atoms with Crippen LogP contribution >= 0.6 is 12.4 Å². The van der Waals surface area contributed by atoms with E-state index in [1.807, 2.05) is 66.7 Å². The van der Waals surface area contributed by atoms with E-state index in [0.29, 0.717) is 11.8 Å². The lowest BCUT2D eigenvalue weighted by atomic mass is 10.1. The lowest BCUT2D eigenvalue weighted by Gasteiger charge is -2.08. The number of rotatable bonds is 9. The van der Waals surface area contributed by atoms with Gasteiger partial charge in [-0.05, 0) is 70.9 Å². The number of nitrogens with zero attached hydrogens (tertiary/aromatic N) is 4. The van der Waals surface area contributed by atoms with Crippen molar-refractivity contribution in [2.75, 3.05) is 13.7 Å². The number of aromatic nitrogens is 4. The first-order chi connectivity index (χ1) is 14.8. The Morgan fingerprint density at radius 2 is 1.52 bits per heavy atom. The summed E-state index contributed by atoms with van der Waals surface area (Å²) >= 11 is 0. The van der Waals surface area contributed by atoms with E-state index in [1.54, 1.807) is 11.8 Å². The molecule has 0 saturated carbocycles. The van der Waals surface area contributed by atoms with Crippen molar-refractivity contribution in [2.45, 2.75) is 13.0 Å². The quantitative estimate of drug-likeness (QED) is 0.395. The summed E-state index contributed by atoms with van der Waals surface area (Å²) in [6, 6.07) is 26.0. The summed E-state index contributed by atoms with van der Waals surface area (Å²) in [7, 11) is 1.68. The molecular weight excluding hydrogens is 414 g/mol. The van der Waals surface area contributed by atoms with Gasteiger partial charge in [-0.3, -0.25) is 0 Å². The molecule has 0 spiro atoms. The Kier molecular flexibility index (Phi) is 7.98. The Morgan fingerprint density at radius 1 is 0.839 bits per heavy atom. The van der Waals surface area contributed by atoms with Gasteiger partial charge in [0, 0.05) is 6.54 Å². The molecule has 1 N–H and O–H groups in total. The minimum Gasteiger partial charge on any atom is -0.497 e. The lowest BCUT2D eigenvalue weighted by Crippen LogP contribution is -2.16. The predicted octanol–water partition coefficient (Wildman–Crippen LogP) is 4.22. The zero-order valence-corrected chi connectivity index (χ0v) is 18.0. The molecule has 0 bridgehead atoms. The molecule has 0 aliphatic heterocycles. The molecule has 0 aliphatic carbocycles. The highest BCUT2D eigenvalue weighted by Gasteiger charge is 2.10. The number of methoxy groups -OCH3 is 1. The van der Waals surface area contributed by atoms with Crippen LogP contribution < -0.4 is 14.8 Å². The fourth-order valence-electron chi connectivity index (χ4n) is 3.01. The van der Waals surface area contributed by atoms with Crippen molar-refractivity contribution in [2.24, 2.45) is 0 Å². The second kappa shape index (κ2) is 11.1. The number of para-hydroxylation sites is 1. The maximum atomic E-state index is 5.86. The molecule has 8 heteroatoms. The molecule has 4 rings (SSSR count). The average molecular weight is 438 g/mol. The van der Waals surface area contributed by atoms with Crippen molar-refractivity contribution < 1.29 is 9.47 Å². The van der Waals surface area contributed by atoms with E-state index in [-0.39, 0.29) is 12.4 Å². The Balaban J connectivity index is 0.00000272. The fraction of sp³-hybridized carbons (Fsp3) is 0.174. The van der Waals surface area contributed by atoms with Crippen LogP contribution in [-0.2, 0) is 13.0 Å². The van der Waals surface area contributed by atoms with Crippen molar-refractivity contribution in [3.05, 3.63) is 90.0 Å². The van der Waals surface area contributed by atoms with E-state index in [0.717, 1.165) is 30.9 Å². The number of hydrogen-bond donors (Lipinski definition) is 1. The van der Waals surface area contributed by atoms with Crippen LogP contribution in [0.5, 0.6) is 17.5 Å². The minimum absolute atomic E-state index is 0. The van der Waals surface area contributed by atoms with Gasteiger partial charge >= 0.3 is 6.01 Å². The summed E-state index contributed by atoms with van der Waals surface area (Å²) in [6.45, 7) is 1.69. The zero-order chi connectivity index (χ0) is 20.6. The molecule has 0 saturated heterocycles. The Hall–Kier alpha value is -3.42. The molecule has 0 unspecified atom stereocenters. The molecule has 7 nitrogen and oxygen atoms in total. The maximum Gasteiger partial charge on any atom is 0.345 e. The number of nitrogens with one attached hydrogen (secondary N) is 1. The van der Waals surface area contributed by atoms with Crippen LogP contribution in [0.25, 0.3) is 5.69 Å². The van der Waals surface area contributed by atoms with Gasteiger partial charge in [0.2, 0.25) is 0 Å². The average Bonchev–Trinajstić information content (AvgIpc) is 3.27. The molecule has 0 radical (unpaired) electrons. The second-order valence-electron chi connectivity index (χ2n) is 6.73. The number of hydrogen-bond acceptors (Lipinski definition) is 6. The molecule has 31 heavy (non-hydrogen) atoms. The summed E-state index contributed by atoms with van der Waals surface area (Å²) in [6.07, 6.45) is 0.966. The SMILES string of the molecule is COc1ccc(CCNCc2ccc(Oc3nnnn3-c3ccccc3)cc2)cc1.Cl. The van der Waals surface area contributed by atoms with Crippen molar-refractivity contribution in [1.29, 1.82) is 0 Å². The standard InChI is InChI=1S/C23H23N5O2.ClH/c1-29-21-11-7-18(8-12-21)15-16-24-17-19-9-13-22(14-10-19)30-23-25-26-27-28(23)20-5-3-2-4-6-20;/h2-14,24H,15-17H2,1H3;1H. The molecule has 0 fully saturated rings. The smallest absolute Gasteiger partial charge is 0.345 e. The summed E-state index contributed by atoms with van der Waals surface area (Å²) in [5, 5.41) is 15.2. The largest absolute Gasteiger partial charge is 0.497 e. The van der Waals surface area contributed by atoms with Crippen LogP contribution in [0.15, 0.2) is 78.9 Å². The van der Waals surface area contributed by atoms with E-state index in [2.05, 4.69) is 33.0 Å². The lowest BCUT2D eigenvalue weighted by molar-refractivity contribution is 0.414. The molecule has 1 aromatic heterocycles. The van der Waals surface area contributed by atoms with Gasteiger partial charge in [-0.1, -0.05) is 47.6 Å². The van der Waals surface area contributed by atoms with Gasteiger partial charge in [0.05, 0.1) is 12.8 Å². The molecule has 0 atom stereocenters.